The highest BCUT2D eigenvalue weighted by atomic mass is 16.6. The molecule has 1 atom stereocenters. The van der Waals surface area contributed by atoms with E-state index in [-0.39, 0.29) is 5.69 Å². The Kier molecular flexibility index (Phi) is 3.20. The van der Waals surface area contributed by atoms with Crippen molar-refractivity contribution in [2.75, 3.05) is 18.0 Å². The number of nitro groups is 1. The van der Waals surface area contributed by atoms with Gasteiger partial charge in [0.15, 0.2) is 5.58 Å². The number of hydrogen-bond acceptors (Lipinski definition) is 6. The van der Waals surface area contributed by atoms with Crippen molar-refractivity contribution >= 4 is 28.8 Å². The molecule has 8 nitrogen and oxygen atoms in total. The molecular formula is C13H13N3O5. The lowest BCUT2D eigenvalue weighted by Gasteiger charge is -2.29. The number of anilines is 1. The van der Waals surface area contributed by atoms with Crippen molar-refractivity contribution in [1.82, 2.24) is 4.98 Å². The standard InChI is InChI=1S/C13H13N3O5/c17-12(18)8-2-1-5-15(7-8)13-14-10-6-9(16(19)20)3-4-11(10)21-13/h3-4,6,8H,1-2,5,7H2,(H,17,18)/t8-/m0/s1. The Morgan fingerprint density at radius 1 is 1.52 bits per heavy atom. The average Bonchev–Trinajstić information content (AvgIpc) is 2.90. The maximum atomic E-state index is 11.1. The summed E-state index contributed by atoms with van der Waals surface area (Å²) in [6, 6.07) is 4.52. The van der Waals surface area contributed by atoms with Gasteiger partial charge in [-0.25, -0.2) is 0 Å². The molecular weight excluding hydrogens is 278 g/mol. The van der Waals surface area contributed by atoms with E-state index in [1.54, 1.807) is 4.90 Å². The number of carboxylic acids is 1. The summed E-state index contributed by atoms with van der Waals surface area (Å²) in [5, 5.41) is 19.8. The molecule has 1 aliphatic rings. The molecule has 8 heteroatoms. The van der Waals surface area contributed by atoms with Gasteiger partial charge in [0, 0.05) is 25.2 Å². The van der Waals surface area contributed by atoms with Gasteiger partial charge in [0.25, 0.3) is 11.7 Å². The average molecular weight is 291 g/mol. The number of nitrogens with zero attached hydrogens (tertiary/aromatic N) is 3. The van der Waals surface area contributed by atoms with E-state index in [4.69, 9.17) is 9.52 Å². The maximum absolute atomic E-state index is 11.1. The van der Waals surface area contributed by atoms with Gasteiger partial charge in [0.05, 0.1) is 10.8 Å². The molecule has 0 aliphatic carbocycles. The van der Waals surface area contributed by atoms with Crippen LogP contribution in [0.3, 0.4) is 0 Å². The van der Waals surface area contributed by atoms with E-state index in [0.29, 0.717) is 36.6 Å². The van der Waals surface area contributed by atoms with Crippen molar-refractivity contribution < 1.29 is 19.2 Å². The molecule has 0 spiro atoms. The summed E-state index contributed by atoms with van der Waals surface area (Å²) in [7, 11) is 0. The topological polar surface area (TPSA) is 110 Å². The van der Waals surface area contributed by atoms with Crippen molar-refractivity contribution in [1.29, 1.82) is 0 Å². The van der Waals surface area contributed by atoms with Crippen molar-refractivity contribution in [2.24, 2.45) is 5.92 Å². The normalized spacial score (nSPS) is 18.9. The molecule has 1 aliphatic heterocycles. The largest absolute Gasteiger partial charge is 0.481 e. The molecule has 0 radical (unpaired) electrons. The number of carbonyl (C=O) groups is 1. The molecule has 1 aromatic carbocycles. The van der Waals surface area contributed by atoms with E-state index >= 15 is 0 Å². The van der Waals surface area contributed by atoms with Crippen molar-refractivity contribution in [3.63, 3.8) is 0 Å². The van der Waals surface area contributed by atoms with Crippen LogP contribution < -0.4 is 4.90 Å². The lowest BCUT2D eigenvalue weighted by molar-refractivity contribution is -0.384. The molecule has 1 N–H and O–H groups in total. The second-order valence-electron chi connectivity index (χ2n) is 5.03. The number of nitro benzene ring substituents is 1. The summed E-state index contributed by atoms with van der Waals surface area (Å²) >= 11 is 0. The minimum atomic E-state index is -0.827. The molecule has 0 bridgehead atoms. The monoisotopic (exact) mass is 291 g/mol. The smallest absolute Gasteiger partial charge is 0.308 e. The number of aromatic nitrogens is 1. The summed E-state index contributed by atoms with van der Waals surface area (Å²) in [6.45, 7) is 1.00. The minimum Gasteiger partial charge on any atom is -0.481 e. The fourth-order valence-corrected chi connectivity index (χ4v) is 2.50. The summed E-state index contributed by atoms with van der Waals surface area (Å²) in [5.41, 5.74) is 0.800. The molecule has 2 aromatic rings. The zero-order valence-electron chi connectivity index (χ0n) is 11.1. The van der Waals surface area contributed by atoms with E-state index in [9.17, 15) is 14.9 Å². The van der Waals surface area contributed by atoms with E-state index in [1.807, 2.05) is 0 Å². The quantitative estimate of drug-likeness (QED) is 0.680. The minimum absolute atomic E-state index is 0.0515. The number of piperidine rings is 1. The second kappa shape index (κ2) is 5.04. The molecule has 2 heterocycles. The van der Waals surface area contributed by atoms with Crippen LogP contribution in [-0.2, 0) is 4.79 Å². The van der Waals surface area contributed by atoms with Crippen LogP contribution in [0.5, 0.6) is 0 Å². The van der Waals surface area contributed by atoms with Gasteiger partial charge in [-0.15, -0.1) is 0 Å². The molecule has 0 saturated carbocycles. The number of carboxylic acid groups (broad SMARTS) is 1. The second-order valence-corrected chi connectivity index (χ2v) is 5.03. The first-order valence-electron chi connectivity index (χ1n) is 6.57. The predicted octanol–water partition coefficient (Wildman–Crippen LogP) is 2.04. The van der Waals surface area contributed by atoms with Crippen LogP contribution >= 0.6 is 0 Å². The van der Waals surface area contributed by atoms with Gasteiger partial charge in [-0.1, -0.05) is 0 Å². The predicted molar refractivity (Wildman–Crippen MR) is 73.2 cm³/mol. The molecule has 110 valence electrons. The Morgan fingerprint density at radius 3 is 3.05 bits per heavy atom. The fourth-order valence-electron chi connectivity index (χ4n) is 2.50. The van der Waals surface area contributed by atoms with Gasteiger partial charge in [-0.3, -0.25) is 14.9 Å². The summed E-state index contributed by atoms with van der Waals surface area (Å²) in [4.78, 5) is 27.3. The number of non-ortho nitro benzene ring substituents is 1. The van der Waals surface area contributed by atoms with Crippen LogP contribution in [0.15, 0.2) is 22.6 Å². The summed E-state index contributed by atoms with van der Waals surface area (Å²) < 4.78 is 5.57. The van der Waals surface area contributed by atoms with Crippen LogP contribution in [0.25, 0.3) is 11.1 Å². The Morgan fingerprint density at radius 2 is 2.33 bits per heavy atom. The van der Waals surface area contributed by atoms with E-state index in [0.717, 1.165) is 6.42 Å². The first kappa shape index (κ1) is 13.3. The lowest BCUT2D eigenvalue weighted by atomic mass is 9.99. The Bertz CT molecular complexity index is 711. The summed E-state index contributed by atoms with van der Waals surface area (Å²) in [6.07, 6.45) is 1.38. The third kappa shape index (κ3) is 2.51. The third-order valence-corrected chi connectivity index (χ3v) is 3.61. The van der Waals surface area contributed by atoms with Gasteiger partial charge in [-0.2, -0.15) is 4.98 Å². The molecule has 1 saturated heterocycles. The zero-order chi connectivity index (χ0) is 15.0. The van der Waals surface area contributed by atoms with Crippen LogP contribution in [-0.4, -0.2) is 34.1 Å². The number of hydrogen-bond donors (Lipinski definition) is 1. The Balaban J connectivity index is 1.90. The van der Waals surface area contributed by atoms with Crippen molar-refractivity contribution in [3.05, 3.63) is 28.3 Å². The highest BCUT2D eigenvalue weighted by molar-refractivity contribution is 5.77. The van der Waals surface area contributed by atoms with Crippen LogP contribution in [0.4, 0.5) is 11.7 Å². The first-order valence-corrected chi connectivity index (χ1v) is 6.57. The van der Waals surface area contributed by atoms with Crippen molar-refractivity contribution in [2.45, 2.75) is 12.8 Å². The van der Waals surface area contributed by atoms with Crippen molar-refractivity contribution in [3.8, 4) is 0 Å². The van der Waals surface area contributed by atoms with Gasteiger partial charge in [-0.05, 0) is 18.9 Å². The van der Waals surface area contributed by atoms with E-state index in [1.165, 1.54) is 18.2 Å². The van der Waals surface area contributed by atoms with Gasteiger partial charge in [0.1, 0.15) is 5.52 Å². The van der Waals surface area contributed by atoms with Gasteiger partial charge in [0.2, 0.25) is 0 Å². The number of rotatable bonds is 3. The fraction of sp³-hybridized carbons (Fsp3) is 0.385. The van der Waals surface area contributed by atoms with Crippen LogP contribution in [0, 0.1) is 16.0 Å². The molecule has 0 amide bonds. The Labute approximate surface area is 119 Å². The number of aliphatic carboxylic acids is 1. The highest BCUT2D eigenvalue weighted by Gasteiger charge is 2.28. The zero-order valence-corrected chi connectivity index (χ0v) is 11.1. The van der Waals surface area contributed by atoms with E-state index < -0.39 is 16.8 Å². The molecule has 0 unspecified atom stereocenters. The first-order chi connectivity index (χ1) is 10.0. The summed E-state index contributed by atoms with van der Waals surface area (Å²) in [5.74, 6) is -1.27. The van der Waals surface area contributed by atoms with Crippen LogP contribution in [0.1, 0.15) is 12.8 Å². The molecule has 21 heavy (non-hydrogen) atoms. The molecule has 3 rings (SSSR count). The third-order valence-electron chi connectivity index (χ3n) is 3.61. The van der Waals surface area contributed by atoms with E-state index in [2.05, 4.69) is 4.98 Å². The van der Waals surface area contributed by atoms with Gasteiger partial charge < -0.3 is 14.4 Å². The van der Waals surface area contributed by atoms with Crippen LogP contribution in [0.2, 0.25) is 0 Å². The molecule has 1 aromatic heterocycles. The lowest BCUT2D eigenvalue weighted by Crippen LogP contribution is -2.38. The number of oxazole rings is 1. The Hall–Kier alpha value is -2.64. The molecule has 1 fully saturated rings. The highest BCUT2D eigenvalue weighted by Crippen LogP contribution is 2.28. The number of benzene rings is 1. The number of fused-ring (bicyclic) bond motifs is 1. The SMILES string of the molecule is O=C(O)[C@H]1CCCN(c2nc3cc([N+](=O)[O-])ccc3o2)C1. The van der Waals surface area contributed by atoms with Gasteiger partial charge >= 0.3 is 5.97 Å². The maximum Gasteiger partial charge on any atom is 0.308 e.